The molecular formula is C21H25N3O4S. The molecule has 29 heavy (non-hydrogen) atoms. The quantitative estimate of drug-likeness (QED) is 0.513. The van der Waals surface area contributed by atoms with Crippen LogP contribution < -0.4 is 11.1 Å². The van der Waals surface area contributed by atoms with Gasteiger partial charge in [-0.25, -0.2) is 0 Å². The van der Waals surface area contributed by atoms with E-state index >= 15 is 0 Å². The van der Waals surface area contributed by atoms with Gasteiger partial charge in [-0.3, -0.25) is 14.4 Å². The van der Waals surface area contributed by atoms with E-state index in [9.17, 15) is 14.4 Å². The summed E-state index contributed by atoms with van der Waals surface area (Å²) in [7, 11) is 0. The number of hydrogen-bond donors (Lipinski definition) is 2. The van der Waals surface area contributed by atoms with Crippen LogP contribution in [0.2, 0.25) is 0 Å². The van der Waals surface area contributed by atoms with E-state index in [1.807, 2.05) is 26.0 Å². The Labute approximate surface area is 174 Å². The highest BCUT2D eigenvalue weighted by Gasteiger charge is 2.66. The topological polar surface area (TPSA) is 122 Å². The molecule has 0 aromatic heterocycles. The molecule has 7 nitrogen and oxygen atoms in total. The second kappa shape index (κ2) is 8.56. The molecule has 1 aliphatic carbocycles. The molecular weight excluding hydrogens is 390 g/mol. The Hall–Kier alpha value is -2.37. The van der Waals surface area contributed by atoms with Gasteiger partial charge in [0, 0.05) is 22.3 Å². The van der Waals surface area contributed by atoms with Gasteiger partial charge in [0.2, 0.25) is 5.91 Å². The molecule has 1 aromatic rings. The molecule has 0 radical (unpaired) electrons. The number of nitrogens with zero attached hydrogens (tertiary/aromatic N) is 1. The van der Waals surface area contributed by atoms with Crippen LogP contribution in [0.4, 0.5) is 0 Å². The molecule has 0 bridgehead atoms. The lowest BCUT2D eigenvalue weighted by Gasteiger charge is -2.40. The number of unbranched alkanes of at least 4 members (excludes halogenated alkanes) is 1. The zero-order valence-electron chi connectivity index (χ0n) is 16.5. The summed E-state index contributed by atoms with van der Waals surface area (Å²) in [6.07, 6.45) is 0.789. The molecule has 1 heterocycles. The number of carbonyl (C=O) groups is 3. The Morgan fingerprint density at radius 1 is 1.34 bits per heavy atom. The molecule has 5 atom stereocenters. The van der Waals surface area contributed by atoms with Crippen molar-refractivity contribution in [2.24, 2.45) is 17.6 Å². The molecule has 154 valence electrons. The number of hydrogen-bond acceptors (Lipinski definition) is 7. The Bertz CT molecular complexity index is 836. The third-order valence-corrected chi connectivity index (χ3v) is 7.23. The summed E-state index contributed by atoms with van der Waals surface area (Å²) in [5.74, 6) is -2.01. The summed E-state index contributed by atoms with van der Waals surface area (Å²) in [6.45, 7) is 4.00. The van der Waals surface area contributed by atoms with Crippen LogP contribution in [0.3, 0.4) is 0 Å². The van der Waals surface area contributed by atoms with Crippen molar-refractivity contribution in [3.8, 4) is 6.07 Å². The van der Waals surface area contributed by atoms with Crippen molar-refractivity contribution >= 4 is 29.4 Å². The number of ether oxygens (including phenoxy) is 1. The highest BCUT2D eigenvalue weighted by atomic mass is 32.2. The number of carbonyl (C=O) groups excluding carboxylic acids is 3. The third-order valence-electron chi connectivity index (χ3n) is 5.54. The zero-order chi connectivity index (χ0) is 21.2. The van der Waals surface area contributed by atoms with Crippen molar-refractivity contribution in [2.45, 2.75) is 48.8 Å². The summed E-state index contributed by atoms with van der Waals surface area (Å²) in [5, 5.41) is 11.2. The average molecular weight is 416 g/mol. The van der Waals surface area contributed by atoms with Gasteiger partial charge in [-0.2, -0.15) is 5.26 Å². The number of nitrogens with one attached hydrogen (secondary N) is 1. The van der Waals surface area contributed by atoms with Crippen molar-refractivity contribution in [2.75, 3.05) is 6.61 Å². The lowest BCUT2D eigenvalue weighted by molar-refractivity contribution is -0.156. The number of amides is 1. The van der Waals surface area contributed by atoms with Crippen LogP contribution in [0.5, 0.6) is 0 Å². The van der Waals surface area contributed by atoms with Crippen LogP contribution in [0.1, 0.15) is 38.3 Å². The minimum Gasteiger partial charge on any atom is -0.465 e. The minimum atomic E-state index is -0.858. The smallest absolute Gasteiger partial charge is 0.311 e. The second-order valence-corrected chi connectivity index (χ2v) is 9.73. The molecule has 1 unspecified atom stereocenters. The molecule has 2 aliphatic rings. The maximum Gasteiger partial charge on any atom is 0.311 e. The first-order valence-electron chi connectivity index (χ1n) is 9.64. The number of nitriles is 1. The fourth-order valence-corrected chi connectivity index (χ4v) is 5.89. The SMILES string of the molecule is CC1(C)S[C@H]2C(C(=O)[C@H]2NC(=O)[C@H](N)c2ccccc2)[C@H]1C(=O)OCCCC#N. The van der Waals surface area contributed by atoms with Crippen LogP contribution in [-0.4, -0.2) is 40.3 Å². The number of rotatable bonds is 7. The normalized spacial score (nSPS) is 27.9. The highest BCUT2D eigenvalue weighted by molar-refractivity contribution is 8.01. The predicted octanol–water partition coefficient (Wildman–Crippen LogP) is 1.73. The van der Waals surface area contributed by atoms with Crippen molar-refractivity contribution in [1.29, 1.82) is 5.26 Å². The molecule has 1 aliphatic heterocycles. The molecule has 1 amide bonds. The fraction of sp³-hybridized carbons (Fsp3) is 0.524. The summed E-state index contributed by atoms with van der Waals surface area (Å²) >= 11 is 1.53. The van der Waals surface area contributed by atoms with Crippen LogP contribution >= 0.6 is 11.8 Å². The molecule has 0 spiro atoms. The number of nitrogens with two attached hydrogens (primary N) is 1. The number of thioether (sulfide) groups is 1. The largest absolute Gasteiger partial charge is 0.465 e. The van der Waals surface area contributed by atoms with E-state index < -0.39 is 40.5 Å². The van der Waals surface area contributed by atoms with Crippen LogP contribution in [-0.2, 0) is 19.1 Å². The lowest BCUT2D eigenvalue weighted by Crippen LogP contribution is -2.64. The first-order valence-corrected chi connectivity index (χ1v) is 10.5. The van der Waals surface area contributed by atoms with E-state index in [0.29, 0.717) is 18.4 Å². The van der Waals surface area contributed by atoms with E-state index in [0.717, 1.165) is 0 Å². The lowest BCUT2D eigenvalue weighted by atomic mass is 9.67. The van der Waals surface area contributed by atoms with Gasteiger partial charge in [0.25, 0.3) is 0 Å². The number of fused-ring (bicyclic) bond motifs is 1. The van der Waals surface area contributed by atoms with E-state index in [4.69, 9.17) is 15.7 Å². The van der Waals surface area contributed by atoms with E-state index in [1.165, 1.54) is 11.8 Å². The zero-order valence-corrected chi connectivity index (χ0v) is 17.3. The van der Waals surface area contributed by atoms with E-state index in [-0.39, 0.29) is 17.6 Å². The number of ketones is 1. The van der Waals surface area contributed by atoms with Crippen LogP contribution in [0.25, 0.3) is 0 Å². The Balaban J connectivity index is 1.64. The maximum absolute atomic E-state index is 12.8. The van der Waals surface area contributed by atoms with Gasteiger partial charge in [-0.1, -0.05) is 30.3 Å². The summed E-state index contributed by atoms with van der Waals surface area (Å²) < 4.78 is 4.83. The van der Waals surface area contributed by atoms with E-state index in [1.54, 1.807) is 24.3 Å². The van der Waals surface area contributed by atoms with Crippen molar-refractivity contribution in [3.05, 3.63) is 35.9 Å². The second-order valence-electron chi connectivity index (χ2n) is 7.90. The predicted molar refractivity (Wildman–Crippen MR) is 109 cm³/mol. The van der Waals surface area contributed by atoms with Gasteiger partial charge in [0.15, 0.2) is 5.78 Å². The van der Waals surface area contributed by atoms with Crippen molar-refractivity contribution < 1.29 is 19.1 Å². The van der Waals surface area contributed by atoms with Gasteiger partial charge < -0.3 is 15.8 Å². The Morgan fingerprint density at radius 3 is 2.69 bits per heavy atom. The first-order chi connectivity index (χ1) is 13.8. The Morgan fingerprint density at radius 2 is 2.03 bits per heavy atom. The maximum atomic E-state index is 12.8. The van der Waals surface area contributed by atoms with Crippen LogP contribution in [0, 0.1) is 23.2 Å². The number of benzene rings is 1. The summed E-state index contributed by atoms with van der Waals surface area (Å²) in [5.41, 5.74) is 6.70. The van der Waals surface area contributed by atoms with Gasteiger partial charge in [0.05, 0.1) is 18.6 Å². The highest BCUT2D eigenvalue weighted by Crippen LogP contribution is 2.58. The Kier molecular flexibility index (Phi) is 6.30. The summed E-state index contributed by atoms with van der Waals surface area (Å²) in [4.78, 5) is 37.9. The monoisotopic (exact) mass is 415 g/mol. The van der Waals surface area contributed by atoms with Crippen molar-refractivity contribution in [3.63, 3.8) is 0 Å². The molecule has 2 fully saturated rings. The van der Waals surface area contributed by atoms with Gasteiger partial charge in [-0.05, 0) is 25.8 Å². The molecule has 1 aromatic carbocycles. The number of esters is 1. The van der Waals surface area contributed by atoms with Crippen LogP contribution in [0.15, 0.2) is 30.3 Å². The molecule has 8 heteroatoms. The van der Waals surface area contributed by atoms with E-state index in [2.05, 4.69) is 5.32 Å². The standard InChI is InChI=1S/C21H25N3O4S/c1-21(2)14(20(27)28-11-7-6-10-22)13-17(25)16(18(13)29-21)24-19(26)15(23)12-8-4-3-5-9-12/h3-5,8-9,13-16,18H,6-7,11,23H2,1-2H3,(H,24,26)/t13?,14-,15+,16+,18-/m0/s1. The first kappa shape index (κ1) is 21.3. The van der Waals surface area contributed by atoms with Gasteiger partial charge in [-0.15, -0.1) is 11.8 Å². The average Bonchev–Trinajstić information content (AvgIpc) is 2.97. The summed E-state index contributed by atoms with van der Waals surface area (Å²) in [6, 6.07) is 9.47. The van der Waals surface area contributed by atoms with Crippen molar-refractivity contribution in [1.82, 2.24) is 5.32 Å². The minimum absolute atomic E-state index is 0.152. The molecule has 3 rings (SSSR count). The fourth-order valence-electron chi connectivity index (χ4n) is 4.02. The number of Topliss-reactive ketones (excluding diaryl/α,β-unsaturated/α-hetero) is 1. The molecule has 1 saturated heterocycles. The van der Waals surface area contributed by atoms with Gasteiger partial charge in [0.1, 0.15) is 12.1 Å². The third kappa shape index (κ3) is 4.16. The van der Waals surface area contributed by atoms with Gasteiger partial charge >= 0.3 is 5.97 Å². The molecule has 1 saturated carbocycles. The molecule has 3 N–H and O–H groups in total.